The van der Waals surface area contributed by atoms with Gasteiger partial charge < -0.3 is 15.4 Å². The second kappa shape index (κ2) is 7.78. The maximum atomic E-state index is 12.4. The molecule has 0 bridgehead atoms. The second-order valence-electron chi connectivity index (χ2n) is 5.72. The van der Waals surface area contributed by atoms with E-state index in [2.05, 4.69) is 10.6 Å². The molecule has 2 unspecified atom stereocenters. The van der Waals surface area contributed by atoms with E-state index in [1.165, 1.54) is 0 Å². The number of hydrogen-bond acceptors (Lipinski definition) is 3. The van der Waals surface area contributed by atoms with Gasteiger partial charge >= 0.3 is 0 Å². The molecule has 2 atom stereocenters. The summed E-state index contributed by atoms with van der Waals surface area (Å²) in [4.78, 5) is 12.4. The lowest BCUT2D eigenvalue weighted by Crippen LogP contribution is -2.49. The average Bonchev–Trinajstić information content (AvgIpc) is 2.46. The maximum Gasteiger partial charge on any atom is 0.226 e. The molecule has 1 aromatic carbocycles. The van der Waals surface area contributed by atoms with Crippen molar-refractivity contribution in [2.75, 3.05) is 26.2 Å². The van der Waals surface area contributed by atoms with Gasteiger partial charge in [0.05, 0.1) is 12.0 Å². The Morgan fingerprint density at radius 3 is 2.71 bits per heavy atom. The quantitative estimate of drug-likeness (QED) is 0.893. The summed E-state index contributed by atoms with van der Waals surface area (Å²) in [5.41, 5.74) is 1.11. The van der Waals surface area contributed by atoms with Gasteiger partial charge in [-0.2, -0.15) is 0 Å². The van der Waals surface area contributed by atoms with Crippen molar-refractivity contribution in [3.05, 3.63) is 35.9 Å². The molecule has 2 heterocycles. The van der Waals surface area contributed by atoms with Crippen molar-refractivity contribution in [3.63, 3.8) is 0 Å². The van der Waals surface area contributed by atoms with E-state index in [1.807, 2.05) is 30.3 Å². The highest BCUT2D eigenvalue weighted by molar-refractivity contribution is 5.85. The predicted octanol–water partition coefficient (Wildman–Crippen LogP) is 1.91. The molecule has 0 aliphatic carbocycles. The molecule has 2 fully saturated rings. The molecule has 21 heavy (non-hydrogen) atoms. The highest BCUT2D eigenvalue weighted by Crippen LogP contribution is 2.33. The van der Waals surface area contributed by atoms with E-state index in [0.29, 0.717) is 5.92 Å². The smallest absolute Gasteiger partial charge is 0.226 e. The number of ether oxygens (including phenoxy) is 1. The zero-order valence-corrected chi connectivity index (χ0v) is 12.9. The van der Waals surface area contributed by atoms with Crippen LogP contribution in [-0.2, 0) is 9.53 Å². The Balaban J connectivity index is 0.00000161. The highest BCUT2D eigenvalue weighted by atomic mass is 35.5. The molecule has 2 saturated heterocycles. The summed E-state index contributed by atoms with van der Waals surface area (Å²) in [6.45, 7) is 3.56. The fraction of sp³-hybridized carbons (Fsp3) is 0.562. The molecule has 0 spiro atoms. The Labute approximate surface area is 132 Å². The van der Waals surface area contributed by atoms with Gasteiger partial charge in [0.1, 0.15) is 0 Å². The zero-order chi connectivity index (χ0) is 13.8. The second-order valence-corrected chi connectivity index (χ2v) is 5.72. The topological polar surface area (TPSA) is 50.4 Å². The van der Waals surface area contributed by atoms with E-state index >= 15 is 0 Å². The Morgan fingerprint density at radius 1 is 1.29 bits per heavy atom. The molecule has 1 aromatic rings. The number of carbonyl (C=O) groups is 1. The lowest BCUT2D eigenvalue weighted by atomic mass is 9.88. The molecule has 2 aliphatic rings. The monoisotopic (exact) mass is 310 g/mol. The van der Waals surface area contributed by atoms with Gasteiger partial charge in [-0.05, 0) is 18.4 Å². The minimum Gasteiger partial charge on any atom is -0.373 e. The largest absolute Gasteiger partial charge is 0.373 e. The summed E-state index contributed by atoms with van der Waals surface area (Å²) in [6, 6.07) is 10.1. The summed E-state index contributed by atoms with van der Waals surface area (Å²) < 4.78 is 5.87. The molecule has 5 heteroatoms. The van der Waals surface area contributed by atoms with Crippen molar-refractivity contribution in [2.24, 2.45) is 11.8 Å². The van der Waals surface area contributed by atoms with E-state index in [9.17, 15) is 4.79 Å². The van der Waals surface area contributed by atoms with Crippen LogP contribution in [-0.4, -0.2) is 32.1 Å². The van der Waals surface area contributed by atoms with Gasteiger partial charge in [-0.3, -0.25) is 4.79 Å². The van der Waals surface area contributed by atoms with Crippen LogP contribution in [0.15, 0.2) is 30.3 Å². The molecule has 4 nitrogen and oxygen atoms in total. The van der Waals surface area contributed by atoms with Crippen LogP contribution in [0.2, 0.25) is 0 Å². The number of benzene rings is 1. The maximum absolute atomic E-state index is 12.4. The first-order valence-corrected chi connectivity index (χ1v) is 7.49. The summed E-state index contributed by atoms with van der Waals surface area (Å²) in [7, 11) is 0. The molecular weight excluding hydrogens is 288 g/mol. The summed E-state index contributed by atoms with van der Waals surface area (Å²) in [5.74, 6) is 0.684. The van der Waals surface area contributed by atoms with Gasteiger partial charge in [-0.1, -0.05) is 30.3 Å². The molecule has 0 radical (unpaired) electrons. The normalized spacial score (nSPS) is 25.5. The molecular formula is C16H23ClN2O2. The van der Waals surface area contributed by atoms with E-state index in [0.717, 1.165) is 44.6 Å². The SMILES string of the molecule is Cl.O=C(NCC1CNC1)C1CCCOC1c1ccccc1. The number of carbonyl (C=O) groups excluding carboxylic acids is 1. The summed E-state index contributed by atoms with van der Waals surface area (Å²) in [6.07, 6.45) is 1.78. The molecule has 2 N–H and O–H groups in total. The van der Waals surface area contributed by atoms with Gasteiger partial charge in [0.15, 0.2) is 0 Å². The third-order valence-corrected chi connectivity index (χ3v) is 4.22. The van der Waals surface area contributed by atoms with Crippen molar-refractivity contribution in [2.45, 2.75) is 18.9 Å². The molecule has 0 saturated carbocycles. The number of halogens is 1. The number of nitrogens with one attached hydrogen (secondary N) is 2. The average molecular weight is 311 g/mol. The minimum absolute atomic E-state index is 0. The zero-order valence-electron chi connectivity index (χ0n) is 12.1. The van der Waals surface area contributed by atoms with Crippen LogP contribution in [0.5, 0.6) is 0 Å². The van der Waals surface area contributed by atoms with Gasteiger partial charge in [0.25, 0.3) is 0 Å². The van der Waals surface area contributed by atoms with E-state index in [1.54, 1.807) is 0 Å². The third kappa shape index (κ3) is 3.96. The Bertz CT molecular complexity index is 451. The summed E-state index contributed by atoms with van der Waals surface area (Å²) in [5, 5.41) is 6.32. The first kappa shape index (κ1) is 16.3. The molecule has 1 amide bonds. The fourth-order valence-corrected chi connectivity index (χ4v) is 2.89. The lowest BCUT2D eigenvalue weighted by molar-refractivity contribution is -0.135. The predicted molar refractivity (Wildman–Crippen MR) is 84.5 cm³/mol. The van der Waals surface area contributed by atoms with E-state index in [-0.39, 0.29) is 30.3 Å². The van der Waals surface area contributed by atoms with Gasteiger partial charge in [-0.25, -0.2) is 0 Å². The highest BCUT2D eigenvalue weighted by Gasteiger charge is 2.33. The molecule has 2 aliphatic heterocycles. The van der Waals surface area contributed by atoms with Gasteiger partial charge in [-0.15, -0.1) is 12.4 Å². The number of hydrogen-bond donors (Lipinski definition) is 2. The molecule has 116 valence electrons. The molecule has 3 rings (SSSR count). The van der Waals surface area contributed by atoms with Crippen LogP contribution >= 0.6 is 12.4 Å². The third-order valence-electron chi connectivity index (χ3n) is 4.22. The van der Waals surface area contributed by atoms with Gasteiger partial charge in [0, 0.05) is 32.2 Å². The Morgan fingerprint density at radius 2 is 2.05 bits per heavy atom. The Hall–Kier alpha value is -1.10. The van der Waals surface area contributed by atoms with Gasteiger partial charge in [0.2, 0.25) is 5.91 Å². The number of amides is 1. The minimum atomic E-state index is -0.0931. The van der Waals surface area contributed by atoms with E-state index < -0.39 is 0 Å². The number of rotatable bonds is 4. The first-order chi connectivity index (χ1) is 9.84. The van der Waals surface area contributed by atoms with Crippen molar-refractivity contribution in [3.8, 4) is 0 Å². The Kier molecular flexibility index (Phi) is 6.03. The fourth-order valence-electron chi connectivity index (χ4n) is 2.89. The van der Waals surface area contributed by atoms with Crippen LogP contribution < -0.4 is 10.6 Å². The van der Waals surface area contributed by atoms with Crippen LogP contribution in [0.1, 0.15) is 24.5 Å². The molecule has 0 aromatic heterocycles. The van der Waals surface area contributed by atoms with Crippen molar-refractivity contribution < 1.29 is 9.53 Å². The van der Waals surface area contributed by atoms with Crippen LogP contribution in [0.3, 0.4) is 0 Å². The van der Waals surface area contributed by atoms with Crippen LogP contribution in [0, 0.1) is 11.8 Å². The van der Waals surface area contributed by atoms with Crippen LogP contribution in [0.4, 0.5) is 0 Å². The van der Waals surface area contributed by atoms with Crippen molar-refractivity contribution >= 4 is 18.3 Å². The van der Waals surface area contributed by atoms with Crippen LogP contribution in [0.25, 0.3) is 0 Å². The first-order valence-electron chi connectivity index (χ1n) is 7.49. The van der Waals surface area contributed by atoms with E-state index in [4.69, 9.17) is 4.74 Å². The standard InChI is InChI=1S/C16H22N2O2.ClH/c19-16(18-11-12-9-17-10-12)14-7-4-8-20-15(14)13-5-2-1-3-6-13;/h1-3,5-6,12,14-15,17H,4,7-11H2,(H,18,19);1H. The summed E-state index contributed by atoms with van der Waals surface area (Å²) >= 11 is 0. The van der Waals surface area contributed by atoms with Crippen molar-refractivity contribution in [1.82, 2.24) is 10.6 Å². The lowest BCUT2D eigenvalue weighted by Gasteiger charge is -2.33. The van der Waals surface area contributed by atoms with Crippen molar-refractivity contribution in [1.29, 1.82) is 0 Å².